The quantitative estimate of drug-likeness (QED) is 0.614. The van der Waals surface area contributed by atoms with E-state index in [1.54, 1.807) is 18.9 Å². The fourth-order valence-electron chi connectivity index (χ4n) is 2.64. The van der Waals surface area contributed by atoms with Crippen LogP contribution in [0.1, 0.15) is 19.4 Å². The summed E-state index contributed by atoms with van der Waals surface area (Å²) in [5.74, 6) is -0.453. The lowest BCUT2D eigenvalue weighted by Gasteiger charge is -2.16. The van der Waals surface area contributed by atoms with Gasteiger partial charge in [0.05, 0.1) is 13.7 Å². The number of esters is 1. The van der Waals surface area contributed by atoms with E-state index in [9.17, 15) is 9.59 Å². The normalized spacial score (nSPS) is 21.5. The number of carbonyl (C=O) groups excluding carboxylic acids is 2. The molecule has 5 nitrogen and oxygen atoms in total. The molecule has 0 aromatic heterocycles. The lowest BCUT2D eigenvalue weighted by atomic mass is 9.98. The molecule has 21 heavy (non-hydrogen) atoms. The van der Waals surface area contributed by atoms with Gasteiger partial charge in [0.25, 0.3) is 0 Å². The highest BCUT2D eigenvalue weighted by Crippen LogP contribution is 2.27. The van der Waals surface area contributed by atoms with E-state index >= 15 is 0 Å². The number of amides is 1. The van der Waals surface area contributed by atoms with Gasteiger partial charge in [-0.25, -0.2) is 0 Å². The summed E-state index contributed by atoms with van der Waals surface area (Å²) in [5.41, 5.74) is 1.01. The van der Waals surface area contributed by atoms with E-state index in [-0.39, 0.29) is 11.8 Å². The number of rotatable bonds is 5. The van der Waals surface area contributed by atoms with Crippen molar-refractivity contribution in [2.75, 3.05) is 20.3 Å². The van der Waals surface area contributed by atoms with Crippen LogP contribution < -0.4 is 4.74 Å². The Labute approximate surface area is 124 Å². The second-order valence-corrected chi connectivity index (χ2v) is 5.27. The molecule has 2 unspecified atom stereocenters. The van der Waals surface area contributed by atoms with Gasteiger partial charge in [0.2, 0.25) is 5.91 Å². The molecule has 2 rings (SSSR count). The van der Waals surface area contributed by atoms with Gasteiger partial charge in [-0.1, -0.05) is 19.1 Å². The molecule has 1 aliphatic rings. The first-order valence-electron chi connectivity index (χ1n) is 7.15. The number of hydrogen-bond donors (Lipinski definition) is 0. The summed E-state index contributed by atoms with van der Waals surface area (Å²) in [4.78, 5) is 25.9. The molecule has 2 atom stereocenters. The Morgan fingerprint density at radius 2 is 2.00 bits per heavy atom. The smallest absolute Gasteiger partial charge is 0.318 e. The molecule has 0 aliphatic carbocycles. The molecule has 0 spiro atoms. The van der Waals surface area contributed by atoms with Crippen LogP contribution in [0.15, 0.2) is 24.3 Å². The van der Waals surface area contributed by atoms with Gasteiger partial charge in [0, 0.05) is 13.1 Å². The van der Waals surface area contributed by atoms with Gasteiger partial charge < -0.3 is 14.4 Å². The monoisotopic (exact) mass is 291 g/mol. The van der Waals surface area contributed by atoms with Crippen LogP contribution in [0.5, 0.6) is 5.75 Å². The Morgan fingerprint density at radius 1 is 1.33 bits per heavy atom. The second kappa shape index (κ2) is 6.61. The Balaban J connectivity index is 2.04. The standard InChI is InChI=1S/C16H21NO4/c1-4-21-16(19)14-11(2)9-17(15(14)18)10-12-5-7-13(20-3)8-6-12/h5-8,11,14H,4,9-10H2,1-3H3. The molecule has 1 amide bonds. The topological polar surface area (TPSA) is 55.8 Å². The van der Waals surface area contributed by atoms with Crippen LogP contribution in [0.25, 0.3) is 0 Å². The zero-order valence-electron chi connectivity index (χ0n) is 12.7. The van der Waals surface area contributed by atoms with Gasteiger partial charge >= 0.3 is 5.97 Å². The fourth-order valence-corrected chi connectivity index (χ4v) is 2.64. The number of ether oxygens (including phenoxy) is 2. The molecule has 1 aromatic rings. The summed E-state index contributed by atoms with van der Waals surface area (Å²) in [6.45, 7) is 5.04. The highest BCUT2D eigenvalue weighted by molar-refractivity contribution is 5.99. The molecule has 0 bridgehead atoms. The Morgan fingerprint density at radius 3 is 2.57 bits per heavy atom. The number of benzene rings is 1. The van der Waals surface area contributed by atoms with Crippen molar-refractivity contribution in [3.63, 3.8) is 0 Å². The molecule has 1 aliphatic heterocycles. The Bertz CT molecular complexity index is 512. The molecule has 0 radical (unpaired) electrons. The summed E-state index contributed by atoms with van der Waals surface area (Å²) < 4.78 is 10.1. The Hall–Kier alpha value is -2.04. The minimum atomic E-state index is -0.664. The van der Waals surface area contributed by atoms with E-state index in [2.05, 4.69) is 0 Å². The maximum Gasteiger partial charge on any atom is 0.318 e. The lowest BCUT2D eigenvalue weighted by molar-refractivity contribution is -0.153. The molecule has 1 fully saturated rings. The first kappa shape index (κ1) is 15.4. The molecule has 1 aromatic carbocycles. The molecule has 5 heteroatoms. The Kier molecular flexibility index (Phi) is 4.83. The van der Waals surface area contributed by atoms with Crippen LogP contribution in [-0.2, 0) is 20.9 Å². The van der Waals surface area contributed by atoms with Gasteiger partial charge in [-0.2, -0.15) is 0 Å². The van der Waals surface area contributed by atoms with Gasteiger partial charge in [0.1, 0.15) is 11.7 Å². The first-order valence-corrected chi connectivity index (χ1v) is 7.15. The third kappa shape index (κ3) is 3.35. The summed E-state index contributed by atoms with van der Waals surface area (Å²) in [7, 11) is 1.62. The van der Waals surface area contributed by atoms with E-state index < -0.39 is 11.9 Å². The van der Waals surface area contributed by atoms with Crippen LogP contribution in [-0.4, -0.2) is 37.0 Å². The average Bonchev–Trinajstić information content (AvgIpc) is 2.74. The fraction of sp³-hybridized carbons (Fsp3) is 0.500. The molecule has 1 heterocycles. The molecule has 0 saturated carbocycles. The van der Waals surface area contributed by atoms with Crippen molar-refractivity contribution in [1.29, 1.82) is 0 Å². The number of hydrogen-bond acceptors (Lipinski definition) is 4. The van der Waals surface area contributed by atoms with E-state index in [0.717, 1.165) is 11.3 Å². The predicted molar refractivity (Wildman–Crippen MR) is 77.7 cm³/mol. The number of carbonyl (C=O) groups is 2. The SMILES string of the molecule is CCOC(=O)C1C(=O)N(Cc2ccc(OC)cc2)CC1C. The van der Waals surface area contributed by atoms with Crippen molar-refractivity contribution in [1.82, 2.24) is 4.90 Å². The minimum absolute atomic E-state index is 0.0187. The van der Waals surface area contributed by atoms with Crippen molar-refractivity contribution >= 4 is 11.9 Å². The highest BCUT2D eigenvalue weighted by atomic mass is 16.5. The lowest BCUT2D eigenvalue weighted by Crippen LogP contribution is -2.31. The largest absolute Gasteiger partial charge is 0.497 e. The van der Waals surface area contributed by atoms with Gasteiger partial charge in [-0.05, 0) is 30.5 Å². The van der Waals surface area contributed by atoms with Crippen LogP contribution in [0.2, 0.25) is 0 Å². The van der Waals surface area contributed by atoms with Crippen LogP contribution >= 0.6 is 0 Å². The average molecular weight is 291 g/mol. The highest BCUT2D eigenvalue weighted by Gasteiger charge is 2.43. The maximum absolute atomic E-state index is 12.4. The summed E-state index contributed by atoms with van der Waals surface area (Å²) >= 11 is 0. The zero-order valence-corrected chi connectivity index (χ0v) is 12.7. The molecular formula is C16H21NO4. The van der Waals surface area contributed by atoms with Crippen LogP contribution in [0.3, 0.4) is 0 Å². The zero-order chi connectivity index (χ0) is 15.4. The number of nitrogens with zero attached hydrogens (tertiary/aromatic N) is 1. The van der Waals surface area contributed by atoms with Crippen molar-refractivity contribution in [2.45, 2.75) is 20.4 Å². The molecule has 1 saturated heterocycles. The van der Waals surface area contributed by atoms with E-state index in [4.69, 9.17) is 9.47 Å². The van der Waals surface area contributed by atoms with Gasteiger partial charge in [-0.15, -0.1) is 0 Å². The third-order valence-corrected chi connectivity index (χ3v) is 3.73. The molecular weight excluding hydrogens is 270 g/mol. The van der Waals surface area contributed by atoms with Crippen molar-refractivity contribution in [3.8, 4) is 5.75 Å². The van der Waals surface area contributed by atoms with Gasteiger partial charge in [-0.3, -0.25) is 9.59 Å². The predicted octanol–water partition coefficient (Wildman–Crippen LogP) is 1.85. The van der Waals surface area contributed by atoms with Gasteiger partial charge in [0.15, 0.2) is 0 Å². The second-order valence-electron chi connectivity index (χ2n) is 5.27. The maximum atomic E-state index is 12.4. The summed E-state index contributed by atoms with van der Waals surface area (Å²) in [6.07, 6.45) is 0. The molecule has 0 N–H and O–H groups in total. The number of likely N-dealkylation sites (tertiary alicyclic amines) is 1. The van der Waals surface area contributed by atoms with Crippen LogP contribution in [0, 0.1) is 11.8 Å². The minimum Gasteiger partial charge on any atom is -0.497 e. The van der Waals surface area contributed by atoms with Crippen molar-refractivity contribution < 1.29 is 19.1 Å². The van der Waals surface area contributed by atoms with Crippen molar-refractivity contribution in [3.05, 3.63) is 29.8 Å². The molecule has 114 valence electrons. The van der Waals surface area contributed by atoms with E-state index in [0.29, 0.717) is 19.7 Å². The van der Waals surface area contributed by atoms with Crippen LogP contribution in [0.4, 0.5) is 0 Å². The summed E-state index contributed by atoms with van der Waals surface area (Å²) in [5, 5.41) is 0. The summed E-state index contributed by atoms with van der Waals surface area (Å²) in [6, 6.07) is 7.58. The van der Waals surface area contributed by atoms with E-state index in [1.165, 1.54) is 0 Å². The first-order chi connectivity index (χ1) is 10.1. The number of methoxy groups -OCH3 is 1. The van der Waals surface area contributed by atoms with E-state index in [1.807, 2.05) is 31.2 Å². The third-order valence-electron chi connectivity index (χ3n) is 3.73. The van der Waals surface area contributed by atoms with Crippen molar-refractivity contribution in [2.24, 2.45) is 11.8 Å².